The molecule has 1 atom stereocenters. The summed E-state index contributed by atoms with van der Waals surface area (Å²) >= 11 is 0. The number of rotatable bonds is 6. The van der Waals surface area contributed by atoms with E-state index in [-0.39, 0.29) is 5.91 Å². The maximum absolute atomic E-state index is 12.4. The molecule has 1 amide bonds. The normalized spacial score (nSPS) is 22.8. The zero-order valence-electron chi connectivity index (χ0n) is 15.0. The predicted octanol–water partition coefficient (Wildman–Crippen LogP) is 2.93. The Kier molecular flexibility index (Phi) is 5.42. The third-order valence-corrected chi connectivity index (χ3v) is 5.92. The van der Waals surface area contributed by atoms with Gasteiger partial charge in [0.15, 0.2) is 0 Å². The maximum Gasteiger partial charge on any atom is 0.319 e. The number of benzene rings is 1. The van der Waals surface area contributed by atoms with Gasteiger partial charge in [-0.25, -0.2) is 0 Å². The highest BCUT2D eigenvalue weighted by Crippen LogP contribution is 2.41. The van der Waals surface area contributed by atoms with Gasteiger partial charge in [0.05, 0.1) is 0 Å². The Bertz CT molecular complexity index is 640. The van der Waals surface area contributed by atoms with Gasteiger partial charge >= 0.3 is 5.97 Å². The van der Waals surface area contributed by atoms with E-state index in [4.69, 9.17) is 0 Å². The van der Waals surface area contributed by atoms with E-state index in [2.05, 4.69) is 23.2 Å². The molecule has 1 aromatic carbocycles. The number of amides is 1. The molecular formula is C20H28N2O3. The third kappa shape index (κ3) is 3.71. The average molecular weight is 344 g/mol. The SMILES string of the molecule is CC1CCCCN1Cc1ccccc1CNC(=O)C1(C(=O)O)CCC1. The zero-order chi connectivity index (χ0) is 17.9. The average Bonchev–Trinajstić information content (AvgIpc) is 2.54. The van der Waals surface area contributed by atoms with Crippen molar-refractivity contribution >= 4 is 11.9 Å². The van der Waals surface area contributed by atoms with Crippen molar-refractivity contribution in [1.82, 2.24) is 10.2 Å². The fourth-order valence-electron chi connectivity index (χ4n) is 3.91. The molecule has 0 spiro atoms. The Hall–Kier alpha value is -1.88. The van der Waals surface area contributed by atoms with Crippen LogP contribution in [0.3, 0.4) is 0 Å². The summed E-state index contributed by atoms with van der Waals surface area (Å²) in [4.78, 5) is 26.4. The number of carboxylic acids is 1. The van der Waals surface area contributed by atoms with Gasteiger partial charge in [0.2, 0.25) is 5.91 Å². The maximum atomic E-state index is 12.4. The topological polar surface area (TPSA) is 69.6 Å². The lowest BCUT2D eigenvalue weighted by Gasteiger charge is -2.36. The van der Waals surface area contributed by atoms with Gasteiger partial charge in [0, 0.05) is 19.1 Å². The highest BCUT2D eigenvalue weighted by molar-refractivity contribution is 6.02. The van der Waals surface area contributed by atoms with Gasteiger partial charge in [-0.05, 0) is 50.3 Å². The van der Waals surface area contributed by atoms with E-state index in [1.165, 1.54) is 24.8 Å². The first-order valence-electron chi connectivity index (χ1n) is 9.35. The second-order valence-electron chi connectivity index (χ2n) is 7.51. The smallest absolute Gasteiger partial charge is 0.319 e. The minimum Gasteiger partial charge on any atom is -0.480 e. The van der Waals surface area contributed by atoms with E-state index < -0.39 is 11.4 Å². The summed E-state index contributed by atoms with van der Waals surface area (Å²) in [5.41, 5.74) is 1.10. The Balaban J connectivity index is 1.65. The van der Waals surface area contributed by atoms with Crippen LogP contribution in [0.15, 0.2) is 24.3 Å². The van der Waals surface area contributed by atoms with Crippen LogP contribution in [0.2, 0.25) is 0 Å². The molecule has 0 aromatic heterocycles. The van der Waals surface area contributed by atoms with Crippen LogP contribution >= 0.6 is 0 Å². The van der Waals surface area contributed by atoms with Crippen LogP contribution in [0.4, 0.5) is 0 Å². The van der Waals surface area contributed by atoms with E-state index in [0.29, 0.717) is 25.4 Å². The van der Waals surface area contributed by atoms with E-state index in [9.17, 15) is 14.7 Å². The fourth-order valence-corrected chi connectivity index (χ4v) is 3.91. The van der Waals surface area contributed by atoms with E-state index in [0.717, 1.165) is 25.1 Å². The van der Waals surface area contributed by atoms with Gasteiger partial charge in [0.1, 0.15) is 5.41 Å². The molecule has 5 nitrogen and oxygen atoms in total. The van der Waals surface area contributed by atoms with Crippen molar-refractivity contribution in [1.29, 1.82) is 0 Å². The minimum absolute atomic E-state index is 0.340. The fraction of sp³-hybridized carbons (Fsp3) is 0.600. The number of aliphatic carboxylic acids is 1. The van der Waals surface area contributed by atoms with Gasteiger partial charge in [-0.3, -0.25) is 14.5 Å². The number of likely N-dealkylation sites (tertiary alicyclic amines) is 1. The van der Waals surface area contributed by atoms with E-state index in [1.807, 2.05) is 18.2 Å². The molecule has 1 saturated heterocycles. The number of nitrogens with zero attached hydrogens (tertiary/aromatic N) is 1. The summed E-state index contributed by atoms with van der Waals surface area (Å²) in [5.74, 6) is -1.33. The molecule has 1 aliphatic heterocycles. The van der Waals surface area contributed by atoms with Gasteiger partial charge in [-0.2, -0.15) is 0 Å². The molecule has 5 heteroatoms. The van der Waals surface area contributed by atoms with E-state index in [1.54, 1.807) is 0 Å². The number of carboxylic acid groups (broad SMARTS) is 1. The van der Waals surface area contributed by atoms with Crippen LogP contribution in [0, 0.1) is 5.41 Å². The van der Waals surface area contributed by atoms with Crippen molar-refractivity contribution in [2.75, 3.05) is 6.54 Å². The Morgan fingerprint density at radius 1 is 1.20 bits per heavy atom. The minimum atomic E-state index is -1.20. The second-order valence-corrected chi connectivity index (χ2v) is 7.51. The quantitative estimate of drug-likeness (QED) is 0.779. The van der Waals surface area contributed by atoms with Crippen LogP contribution in [0.25, 0.3) is 0 Å². The van der Waals surface area contributed by atoms with Gasteiger partial charge in [-0.1, -0.05) is 37.1 Å². The first kappa shape index (κ1) is 17.9. The summed E-state index contributed by atoms with van der Waals surface area (Å²) in [7, 11) is 0. The summed E-state index contributed by atoms with van der Waals surface area (Å²) in [5, 5.41) is 12.3. The molecule has 2 N–H and O–H groups in total. The Morgan fingerprint density at radius 3 is 2.52 bits per heavy atom. The van der Waals surface area contributed by atoms with Gasteiger partial charge in [0.25, 0.3) is 0 Å². The van der Waals surface area contributed by atoms with Crippen molar-refractivity contribution in [3.8, 4) is 0 Å². The van der Waals surface area contributed by atoms with Gasteiger partial charge < -0.3 is 10.4 Å². The molecule has 2 aliphatic rings. The molecular weight excluding hydrogens is 316 g/mol. The molecule has 1 heterocycles. The summed E-state index contributed by atoms with van der Waals surface area (Å²) in [6.45, 7) is 4.67. The second kappa shape index (κ2) is 7.56. The van der Waals surface area contributed by atoms with Crippen molar-refractivity contribution in [2.24, 2.45) is 5.41 Å². The van der Waals surface area contributed by atoms with Crippen molar-refractivity contribution in [2.45, 2.75) is 64.6 Å². The first-order chi connectivity index (χ1) is 12.0. The molecule has 2 fully saturated rings. The van der Waals surface area contributed by atoms with Gasteiger partial charge in [-0.15, -0.1) is 0 Å². The molecule has 0 radical (unpaired) electrons. The molecule has 25 heavy (non-hydrogen) atoms. The van der Waals surface area contributed by atoms with Crippen LogP contribution in [0.1, 0.15) is 56.6 Å². The lowest BCUT2D eigenvalue weighted by atomic mass is 9.68. The molecule has 136 valence electrons. The number of hydrogen-bond acceptors (Lipinski definition) is 3. The number of nitrogens with one attached hydrogen (secondary N) is 1. The summed E-state index contributed by atoms with van der Waals surface area (Å²) in [6, 6.07) is 8.72. The van der Waals surface area contributed by atoms with Crippen LogP contribution in [0.5, 0.6) is 0 Å². The highest BCUT2D eigenvalue weighted by Gasteiger charge is 2.51. The van der Waals surface area contributed by atoms with Crippen LogP contribution in [-0.4, -0.2) is 34.5 Å². The van der Waals surface area contributed by atoms with E-state index >= 15 is 0 Å². The molecule has 1 unspecified atom stereocenters. The Labute approximate surface area is 149 Å². The number of carbonyl (C=O) groups is 2. The Morgan fingerprint density at radius 2 is 1.92 bits per heavy atom. The van der Waals surface area contributed by atoms with Crippen molar-refractivity contribution < 1.29 is 14.7 Å². The standard InChI is InChI=1S/C20H28N2O3/c1-15-7-4-5-12-22(15)14-17-9-3-2-8-16(17)13-21-18(23)20(19(24)25)10-6-11-20/h2-3,8-9,15H,4-7,10-14H2,1H3,(H,21,23)(H,24,25). The molecule has 1 aromatic rings. The zero-order valence-corrected chi connectivity index (χ0v) is 15.0. The highest BCUT2D eigenvalue weighted by atomic mass is 16.4. The monoisotopic (exact) mass is 344 g/mol. The molecule has 3 rings (SSSR count). The third-order valence-electron chi connectivity index (χ3n) is 5.92. The summed E-state index contributed by atoms with van der Waals surface area (Å²) < 4.78 is 0. The number of piperidine rings is 1. The molecule has 1 saturated carbocycles. The lowest BCUT2D eigenvalue weighted by molar-refractivity contribution is -0.162. The lowest BCUT2D eigenvalue weighted by Crippen LogP contribution is -2.50. The van der Waals surface area contributed by atoms with Crippen molar-refractivity contribution in [3.05, 3.63) is 35.4 Å². The molecule has 0 bridgehead atoms. The summed E-state index contributed by atoms with van der Waals surface area (Å²) in [6.07, 6.45) is 5.47. The predicted molar refractivity (Wildman–Crippen MR) is 95.9 cm³/mol. The number of carbonyl (C=O) groups excluding carboxylic acids is 1. The van der Waals surface area contributed by atoms with Crippen LogP contribution < -0.4 is 5.32 Å². The first-order valence-corrected chi connectivity index (χ1v) is 9.35. The van der Waals surface area contributed by atoms with Crippen molar-refractivity contribution in [3.63, 3.8) is 0 Å². The number of hydrogen-bond donors (Lipinski definition) is 2. The largest absolute Gasteiger partial charge is 0.480 e. The molecule has 1 aliphatic carbocycles. The van der Waals surface area contributed by atoms with Crippen LogP contribution in [-0.2, 0) is 22.7 Å².